The van der Waals surface area contributed by atoms with Crippen molar-refractivity contribution in [3.8, 4) is 0 Å². The van der Waals surface area contributed by atoms with Gasteiger partial charge in [0.05, 0.1) is 12.6 Å². The van der Waals surface area contributed by atoms with Crippen molar-refractivity contribution in [2.24, 2.45) is 5.73 Å². The van der Waals surface area contributed by atoms with Gasteiger partial charge in [0.15, 0.2) is 0 Å². The summed E-state index contributed by atoms with van der Waals surface area (Å²) in [5.41, 5.74) is 8.01. The van der Waals surface area contributed by atoms with E-state index >= 15 is 0 Å². The molecule has 4 atom stereocenters. The number of nitrogens with one attached hydrogen (secondary N) is 4. The van der Waals surface area contributed by atoms with Crippen LogP contribution in [-0.2, 0) is 32.0 Å². The van der Waals surface area contributed by atoms with E-state index in [0.717, 1.165) is 22.0 Å². The van der Waals surface area contributed by atoms with Gasteiger partial charge in [-0.2, -0.15) is 0 Å². The molecule has 0 saturated heterocycles. The summed E-state index contributed by atoms with van der Waals surface area (Å²) < 4.78 is 0. The van der Waals surface area contributed by atoms with E-state index in [1.807, 2.05) is 24.3 Å². The van der Waals surface area contributed by atoms with Crippen molar-refractivity contribution >= 4 is 34.6 Å². The Morgan fingerprint density at radius 2 is 1.59 bits per heavy atom. The maximum Gasteiger partial charge on any atom is 0.326 e. The van der Waals surface area contributed by atoms with Crippen molar-refractivity contribution in [1.82, 2.24) is 20.9 Å². The van der Waals surface area contributed by atoms with E-state index in [9.17, 15) is 29.4 Å². The molecule has 3 rings (SSSR count). The van der Waals surface area contributed by atoms with E-state index < -0.39 is 54.5 Å². The molecule has 196 valence electrons. The van der Waals surface area contributed by atoms with Crippen molar-refractivity contribution in [1.29, 1.82) is 0 Å². The van der Waals surface area contributed by atoms with Crippen LogP contribution < -0.4 is 21.7 Å². The predicted molar refractivity (Wildman–Crippen MR) is 136 cm³/mol. The number of H-pyrrole nitrogens is 1. The summed E-state index contributed by atoms with van der Waals surface area (Å²) in [6, 6.07) is 12.8. The number of hydrogen-bond acceptors (Lipinski definition) is 6. The van der Waals surface area contributed by atoms with Crippen molar-refractivity contribution in [3.05, 3.63) is 71.9 Å². The highest BCUT2D eigenvalue weighted by Crippen LogP contribution is 2.19. The fraction of sp³-hybridized carbons (Fsp3) is 0.308. The Bertz CT molecular complexity index is 1240. The van der Waals surface area contributed by atoms with Gasteiger partial charge in [-0.1, -0.05) is 48.5 Å². The summed E-state index contributed by atoms with van der Waals surface area (Å²) in [5, 5.41) is 27.5. The van der Waals surface area contributed by atoms with Crippen LogP contribution in [0.5, 0.6) is 0 Å². The zero-order valence-corrected chi connectivity index (χ0v) is 20.3. The van der Waals surface area contributed by atoms with Crippen LogP contribution in [0, 0.1) is 0 Å². The molecule has 0 aliphatic rings. The number of carbonyl (C=O) groups is 4. The van der Waals surface area contributed by atoms with Crippen LogP contribution in [0.2, 0.25) is 0 Å². The SMILES string of the molecule is CC(O)C(N)C(=O)NC(Cc1ccccc1)C(=O)NCC(=O)NC(Cc1c[nH]c2ccccc12)C(=O)O. The summed E-state index contributed by atoms with van der Waals surface area (Å²) in [4.78, 5) is 52.6. The second-order valence-corrected chi connectivity index (χ2v) is 8.76. The second kappa shape index (κ2) is 12.7. The molecule has 0 saturated carbocycles. The molecule has 1 aromatic heterocycles. The average Bonchev–Trinajstić information content (AvgIpc) is 3.29. The van der Waals surface area contributed by atoms with E-state index in [2.05, 4.69) is 20.9 Å². The Morgan fingerprint density at radius 1 is 0.919 bits per heavy atom. The number of rotatable bonds is 12. The zero-order chi connectivity index (χ0) is 26.9. The molecular formula is C26H31N5O6. The van der Waals surface area contributed by atoms with Crippen molar-refractivity contribution in [3.63, 3.8) is 0 Å². The first-order valence-electron chi connectivity index (χ1n) is 11.8. The highest BCUT2D eigenvalue weighted by Gasteiger charge is 2.27. The molecular weight excluding hydrogens is 478 g/mol. The molecule has 3 amide bonds. The minimum atomic E-state index is -1.24. The number of nitrogens with two attached hydrogens (primary N) is 1. The van der Waals surface area contributed by atoms with Gasteiger partial charge in [0.2, 0.25) is 17.7 Å². The topological polar surface area (TPSA) is 187 Å². The molecule has 8 N–H and O–H groups in total. The lowest BCUT2D eigenvalue weighted by molar-refractivity contribution is -0.141. The van der Waals surface area contributed by atoms with Crippen molar-refractivity contribution in [2.45, 2.75) is 44.0 Å². The number of para-hydroxylation sites is 1. The lowest BCUT2D eigenvalue weighted by Crippen LogP contribution is -2.56. The number of aliphatic hydroxyl groups is 1. The molecule has 2 aromatic carbocycles. The second-order valence-electron chi connectivity index (χ2n) is 8.76. The monoisotopic (exact) mass is 509 g/mol. The Hall–Kier alpha value is -4.22. The van der Waals surface area contributed by atoms with Gasteiger partial charge >= 0.3 is 5.97 Å². The lowest BCUT2D eigenvalue weighted by atomic mass is 10.0. The summed E-state index contributed by atoms with van der Waals surface area (Å²) in [7, 11) is 0. The number of aliphatic carboxylic acids is 1. The first-order valence-corrected chi connectivity index (χ1v) is 11.8. The Labute approximate surface area is 213 Å². The average molecular weight is 510 g/mol. The standard InChI is InChI=1S/C26H31N5O6/c1-15(32)23(27)25(35)31-20(11-16-7-3-2-4-8-16)24(34)29-14-22(33)30-21(26(36)37)12-17-13-28-19-10-6-5-9-18(17)19/h2-10,13,15,20-21,23,28,32H,11-12,14,27H2,1H3,(H,29,34)(H,30,33)(H,31,35)(H,36,37). The molecule has 11 heteroatoms. The number of carbonyl (C=O) groups excluding carboxylic acids is 3. The van der Waals surface area contributed by atoms with Gasteiger partial charge in [-0.05, 0) is 24.1 Å². The number of hydrogen-bond donors (Lipinski definition) is 7. The number of aromatic nitrogens is 1. The third-order valence-electron chi connectivity index (χ3n) is 5.89. The Balaban J connectivity index is 1.62. The largest absolute Gasteiger partial charge is 0.480 e. The number of carboxylic acids is 1. The Morgan fingerprint density at radius 3 is 2.27 bits per heavy atom. The van der Waals surface area contributed by atoms with Gasteiger partial charge in [0.1, 0.15) is 18.1 Å². The van der Waals surface area contributed by atoms with Crippen LogP contribution in [0.1, 0.15) is 18.1 Å². The maximum atomic E-state index is 12.9. The van der Waals surface area contributed by atoms with Gasteiger partial charge in [-0.25, -0.2) is 4.79 Å². The van der Waals surface area contributed by atoms with Crippen molar-refractivity contribution in [2.75, 3.05) is 6.54 Å². The summed E-state index contributed by atoms with van der Waals surface area (Å²) in [5.74, 6) is -3.30. The molecule has 0 bridgehead atoms. The summed E-state index contributed by atoms with van der Waals surface area (Å²) in [6.07, 6.45) is 0.730. The van der Waals surface area contributed by atoms with Crippen LogP contribution in [0.15, 0.2) is 60.8 Å². The Kier molecular flexibility index (Phi) is 9.36. The van der Waals surface area contributed by atoms with E-state index in [1.54, 1.807) is 36.5 Å². The number of aliphatic hydroxyl groups excluding tert-OH is 1. The van der Waals surface area contributed by atoms with Crippen LogP contribution in [0.4, 0.5) is 0 Å². The van der Waals surface area contributed by atoms with Gasteiger partial charge in [-0.3, -0.25) is 14.4 Å². The van der Waals surface area contributed by atoms with Crippen LogP contribution in [0.25, 0.3) is 10.9 Å². The van der Waals surface area contributed by atoms with E-state index in [1.165, 1.54) is 6.92 Å². The molecule has 4 unspecified atom stereocenters. The van der Waals surface area contributed by atoms with Gasteiger partial charge in [0, 0.05) is 29.9 Å². The minimum Gasteiger partial charge on any atom is -0.480 e. The highest BCUT2D eigenvalue weighted by molar-refractivity contribution is 5.93. The van der Waals surface area contributed by atoms with Crippen molar-refractivity contribution < 1.29 is 29.4 Å². The number of benzene rings is 2. The molecule has 0 spiro atoms. The van der Waals surface area contributed by atoms with E-state index in [4.69, 9.17) is 5.73 Å². The maximum absolute atomic E-state index is 12.9. The van der Waals surface area contributed by atoms with E-state index in [0.29, 0.717) is 0 Å². The molecule has 1 heterocycles. The number of aromatic amines is 1. The van der Waals surface area contributed by atoms with E-state index in [-0.39, 0.29) is 12.8 Å². The fourth-order valence-electron chi connectivity index (χ4n) is 3.80. The van der Waals surface area contributed by atoms with Crippen LogP contribution in [0.3, 0.4) is 0 Å². The summed E-state index contributed by atoms with van der Waals surface area (Å²) >= 11 is 0. The lowest BCUT2D eigenvalue weighted by Gasteiger charge is -2.22. The van der Waals surface area contributed by atoms with Crippen LogP contribution >= 0.6 is 0 Å². The van der Waals surface area contributed by atoms with Gasteiger partial charge in [0.25, 0.3) is 0 Å². The number of carboxylic acid groups (broad SMARTS) is 1. The van der Waals surface area contributed by atoms with Gasteiger partial charge < -0.3 is 36.9 Å². The summed E-state index contributed by atoms with van der Waals surface area (Å²) in [6.45, 7) is 0.857. The molecule has 11 nitrogen and oxygen atoms in total. The molecule has 0 aliphatic carbocycles. The first-order chi connectivity index (χ1) is 17.7. The predicted octanol–water partition coefficient (Wildman–Crippen LogP) is -0.168. The minimum absolute atomic E-state index is 0.0446. The normalized spacial score (nSPS) is 14.2. The third kappa shape index (κ3) is 7.63. The quantitative estimate of drug-likeness (QED) is 0.177. The zero-order valence-electron chi connectivity index (χ0n) is 20.3. The smallest absolute Gasteiger partial charge is 0.326 e. The molecule has 0 fully saturated rings. The first kappa shape index (κ1) is 27.4. The molecule has 0 aliphatic heterocycles. The van der Waals surface area contributed by atoms with Crippen LogP contribution in [-0.4, -0.2) is 69.7 Å². The number of amides is 3. The molecule has 37 heavy (non-hydrogen) atoms. The highest BCUT2D eigenvalue weighted by atomic mass is 16.4. The number of fused-ring (bicyclic) bond motifs is 1. The van der Waals surface area contributed by atoms with Gasteiger partial charge in [-0.15, -0.1) is 0 Å². The fourth-order valence-corrected chi connectivity index (χ4v) is 3.80. The molecule has 3 aromatic rings. The molecule has 0 radical (unpaired) electrons. The third-order valence-corrected chi connectivity index (χ3v) is 5.89.